The summed E-state index contributed by atoms with van der Waals surface area (Å²) in [5, 5.41) is 1.44. The highest BCUT2D eigenvalue weighted by molar-refractivity contribution is 8.02. The number of hydrogen-bond acceptors (Lipinski definition) is 2. The van der Waals surface area contributed by atoms with E-state index in [-0.39, 0.29) is 0 Å². The smallest absolute Gasteiger partial charge is 0.0661 e. The van der Waals surface area contributed by atoms with Crippen LogP contribution in [0.3, 0.4) is 0 Å². The molecule has 0 spiro atoms. The van der Waals surface area contributed by atoms with E-state index in [9.17, 15) is 0 Å². The van der Waals surface area contributed by atoms with Gasteiger partial charge in [0.25, 0.3) is 0 Å². The molecule has 0 saturated carbocycles. The highest BCUT2D eigenvalue weighted by atomic mass is 32.2. The van der Waals surface area contributed by atoms with Crippen LogP contribution in [0.2, 0.25) is 0 Å². The lowest BCUT2D eigenvalue weighted by Crippen LogP contribution is -2.15. The fourth-order valence-corrected chi connectivity index (χ4v) is 1.91. The minimum absolute atomic E-state index is 1.23. The molecule has 2 heteroatoms. The van der Waals surface area contributed by atoms with E-state index >= 15 is 0 Å². The average Bonchev–Trinajstić information content (AvgIpc) is 2.13. The van der Waals surface area contributed by atoms with Crippen molar-refractivity contribution in [3.05, 3.63) is 11.1 Å². The van der Waals surface area contributed by atoms with Gasteiger partial charge in [0.2, 0.25) is 0 Å². The van der Waals surface area contributed by atoms with E-state index in [1.54, 1.807) is 0 Å². The first-order valence-electron chi connectivity index (χ1n) is 3.80. The van der Waals surface area contributed by atoms with Crippen LogP contribution in [0.15, 0.2) is 11.1 Å². The van der Waals surface area contributed by atoms with Gasteiger partial charge in [-0.15, -0.1) is 11.8 Å². The predicted molar refractivity (Wildman–Crippen MR) is 48.1 cm³/mol. The van der Waals surface area contributed by atoms with Gasteiger partial charge in [-0.05, 0) is 25.5 Å². The fourth-order valence-electron chi connectivity index (χ4n) is 1.22. The summed E-state index contributed by atoms with van der Waals surface area (Å²) in [6.07, 6.45) is 8.46. The monoisotopic (exact) mass is 157 g/mol. The molecule has 0 amide bonds. The average molecular weight is 157 g/mol. The first-order valence-corrected chi connectivity index (χ1v) is 5.02. The van der Waals surface area contributed by atoms with E-state index < -0.39 is 0 Å². The molecular formula is C8H15NS. The molecule has 10 heavy (non-hydrogen) atoms. The molecule has 58 valence electrons. The van der Waals surface area contributed by atoms with Crippen LogP contribution in [0, 0.1) is 0 Å². The summed E-state index contributed by atoms with van der Waals surface area (Å²) in [5.74, 6) is 0. The maximum atomic E-state index is 2.34. The minimum atomic E-state index is 1.23. The number of hydrogen-bond donors (Lipinski definition) is 0. The van der Waals surface area contributed by atoms with Crippen molar-refractivity contribution in [3.63, 3.8) is 0 Å². The Labute approximate surface area is 67.5 Å². The molecule has 0 N–H and O–H groups in total. The molecule has 1 aliphatic heterocycles. The second kappa shape index (κ2) is 3.91. The van der Waals surface area contributed by atoms with Gasteiger partial charge in [0, 0.05) is 13.6 Å². The maximum absolute atomic E-state index is 2.34. The summed E-state index contributed by atoms with van der Waals surface area (Å²) >= 11 is 1.85. The molecule has 0 radical (unpaired) electrons. The molecule has 0 aromatic rings. The van der Waals surface area contributed by atoms with E-state index in [1.165, 1.54) is 30.8 Å². The molecule has 0 fully saturated rings. The van der Waals surface area contributed by atoms with Crippen molar-refractivity contribution in [2.75, 3.05) is 19.8 Å². The molecule has 0 aromatic heterocycles. The van der Waals surface area contributed by atoms with Crippen molar-refractivity contribution in [2.45, 2.75) is 19.3 Å². The van der Waals surface area contributed by atoms with Crippen LogP contribution in [0.25, 0.3) is 0 Å². The Balaban J connectivity index is 2.53. The first-order chi connectivity index (χ1) is 4.84. The third kappa shape index (κ3) is 1.94. The van der Waals surface area contributed by atoms with Crippen molar-refractivity contribution in [1.82, 2.24) is 4.90 Å². The topological polar surface area (TPSA) is 3.24 Å². The molecule has 0 aromatic carbocycles. The van der Waals surface area contributed by atoms with Gasteiger partial charge in [0.1, 0.15) is 0 Å². The van der Waals surface area contributed by atoms with Crippen LogP contribution in [0.4, 0.5) is 0 Å². The predicted octanol–water partition coefficient (Wildman–Crippen LogP) is 2.31. The molecule has 0 unspecified atom stereocenters. The zero-order valence-corrected chi connectivity index (χ0v) is 7.58. The lowest BCUT2D eigenvalue weighted by atomic mass is 10.2. The zero-order chi connectivity index (χ0) is 7.40. The highest BCUT2D eigenvalue weighted by Crippen LogP contribution is 2.20. The molecule has 0 saturated heterocycles. The summed E-state index contributed by atoms with van der Waals surface area (Å²) in [6, 6.07) is 0. The van der Waals surface area contributed by atoms with E-state index in [0.717, 1.165) is 0 Å². The van der Waals surface area contributed by atoms with Crippen LogP contribution in [-0.4, -0.2) is 24.7 Å². The van der Waals surface area contributed by atoms with Gasteiger partial charge >= 0.3 is 0 Å². The van der Waals surface area contributed by atoms with Gasteiger partial charge in [-0.1, -0.05) is 6.08 Å². The summed E-state index contributed by atoms with van der Waals surface area (Å²) in [7, 11) is 2.17. The summed E-state index contributed by atoms with van der Waals surface area (Å²) in [4.78, 5) is 2.34. The van der Waals surface area contributed by atoms with Crippen molar-refractivity contribution in [3.8, 4) is 0 Å². The van der Waals surface area contributed by atoms with Crippen molar-refractivity contribution >= 4 is 11.8 Å². The van der Waals surface area contributed by atoms with Gasteiger partial charge in [0.05, 0.1) is 5.03 Å². The largest absolute Gasteiger partial charge is 0.370 e. The molecule has 0 atom stereocenters. The van der Waals surface area contributed by atoms with Gasteiger partial charge < -0.3 is 4.90 Å². The van der Waals surface area contributed by atoms with Crippen molar-refractivity contribution in [1.29, 1.82) is 0 Å². The summed E-state index contributed by atoms with van der Waals surface area (Å²) in [5.41, 5.74) is 0. The number of thioether (sulfide) groups is 1. The maximum Gasteiger partial charge on any atom is 0.0661 e. The first kappa shape index (κ1) is 7.99. The third-order valence-electron chi connectivity index (χ3n) is 1.85. The Morgan fingerprint density at radius 1 is 1.50 bits per heavy atom. The quantitative estimate of drug-likeness (QED) is 0.574. The van der Waals surface area contributed by atoms with Crippen LogP contribution >= 0.6 is 11.8 Å². The Bertz CT molecular complexity index is 131. The van der Waals surface area contributed by atoms with Crippen molar-refractivity contribution in [2.24, 2.45) is 0 Å². The highest BCUT2D eigenvalue weighted by Gasteiger charge is 2.05. The molecule has 1 nitrogen and oxygen atoms in total. The van der Waals surface area contributed by atoms with Crippen LogP contribution in [0.5, 0.6) is 0 Å². The van der Waals surface area contributed by atoms with Crippen LogP contribution < -0.4 is 0 Å². The Hall–Kier alpha value is -0.110. The Morgan fingerprint density at radius 2 is 2.30 bits per heavy atom. The molecule has 1 rings (SSSR count). The van der Waals surface area contributed by atoms with Gasteiger partial charge in [0.15, 0.2) is 0 Å². The molecular weight excluding hydrogens is 142 g/mol. The van der Waals surface area contributed by atoms with Crippen LogP contribution in [-0.2, 0) is 0 Å². The fraction of sp³-hybridized carbons (Fsp3) is 0.750. The van der Waals surface area contributed by atoms with E-state index in [1.807, 2.05) is 11.8 Å². The molecule has 1 aliphatic rings. The second-order valence-electron chi connectivity index (χ2n) is 2.66. The summed E-state index contributed by atoms with van der Waals surface area (Å²) in [6.45, 7) is 1.23. The SMILES string of the molecule is CSC1=CCCCCN1C. The lowest BCUT2D eigenvalue weighted by molar-refractivity contribution is 0.441. The number of nitrogens with zero attached hydrogens (tertiary/aromatic N) is 1. The van der Waals surface area contributed by atoms with E-state index in [4.69, 9.17) is 0 Å². The van der Waals surface area contributed by atoms with Gasteiger partial charge in [-0.25, -0.2) is 0 Å². The number of rotatable bonds is 1. The summed E-state index contributed by atoms with van der Waals surface area (Å²) < 4.78 is 0. The standard InChI is InChI=1S/C8H15NS/c1-9-7-5-3-4-6-8(9)10-2/h6H,3-5,7H2,1-2H3. The van der Waals surface area contributed by atoms with Gasteiger partial charge in [-0.3, -0.25) is 0 Å². The van der Waals surface area contributed by atoms with E-state index in [2.05, 4.69) is 24.3 Å². The Kier molecular flexibility index (Phi) is 3.13. The van der Waals surface area contributed by atoms with Gasteiger partial charge in [-0.2, -0.15) is 0 Å². The zero-order valence-electron chi connectivity index (χ0n) is 6.76. The second-order valence-corrected chi connectivity index (χ2v) is 3.49. The normalized spacial score (nSPS) is 20.2. The lowest BCUT2D eigenvalue weighted by Gasteiger charge is -2.18. The third-order valence-corrected chi connectivity index (χ3v) is 2.75. The molecule has 0 bridgehead atoms. The van der Waals surface area contributed by atoms with Crippen molar-refractivity contribution < 1.29 is 0 Å². The molecule has 0 aliphatic carbocycles. The van der Waals surface area contributed by atoms with E-state index in [0.29, 0.717) is 0 Å². The molecule has 1 heterocycles. The Morgan fingerprint density at radius 3 is 3.00 bits per heavy atom. The minimum Gasteiger partial charge on any atom is -0.370 e. The number of allylic oxidation sites excluding steroid dienone is 1. The van der Waals surface area contributed by atoms with Crippen LogP contribution in [0.1, 0.15) is 19.3 Å².